The van der Waals surface area contributed by atoms with Gasteiger partial charge >= 0.3 is 0 Å². The first kappa shape index (κ1) is 16.1. The van der Waals surface area contributed by atoms with Crippen molar-refractivity contribution in [2.24, 2.45) is 11.8 Å². The second-order valence-electron chi connectivity index (χ2n) is 7.12. The second-order valence-corrected chi connectivity index (χ2v) is 7.12. The maximum Gasteiger partial charge on any atom is 0.230 e. The quantitative estimate of drug-likeness (QED) is 0.800. The van der Waals surface area contributed by atoms with Crippen molar-refractivity contribution in [3.05, 3.63) is 35.9 Å². The van der Waals surface area contributed by atoms with E-state index in [1.54, 1.807) is 0 Å². The fraction of sp³-hybridized carbons (Fsp3) is 0.632. The predicted molar refractivity (Wildman–Crippen MR) is 88.2 cm³/mol. The van der Waals surface area contributed by atoms with Crippen molar-refractivity contribution in [3.63, 3.8) is 0 Å². The van der Waals surface area contributed by atoms with E-state index in [2.05, 4.69) is 51.7 Å². The first-order valence-electron chi connectivity index (χ1n) is 8.30. The summed E-state index contributed by atoms with van der Waals surface area (Å²) in [6.07, 6.45) is 2.28. The van der Waals surface area contributed by atoms with Crippen LogP contribution in [0.5, 0.6) is 0 Å². The number of hydrogen-bond donors (Lipinski definition) is 0. The van der Waals surface area contributed by atoms with Crippen LogP contribution in [0, 0.1) is 11.8 Å². The van der Waals surface area contributed by atoms with Crippen molar-refractivity contribution < 1.29 is 4.79 Å². The van der Waals surface area contributed by atoms with Crippen molar-refractivity contribution in [1.82, 2.24) is 4.90 Å². The Morgan fingerprint density at radius 3 is 2.24 bits per heavy atom. The number of carbonyl (C=O) groups excluding carboxylic acids is 1. The largest absolute Gasteiger partial charge is 0.336 e. The van der Waals surface area contributed by atoms with Gasteiger partial charge in [0.25, 0.3) is 0 Å². The zero-order chi connectivity index (χ0) is 15.6. The van der Waals surface area contributed by atoms with Gasteiger partial charge in [0.2, 0.25) is 5.91 Å². The lowest BCUT2D eigenvalue weighted by atomic mass is 9.86. The van der Waals surface area contributed by atoms with E-state index in [9.17, 15) is 4.79 Å². The SMILES string of the molecule is CC(C)C(C(=O)N1C(C)CC[C@H]1C(C)C)c1ccccc1. The van der Waals surface area contributed by atoms with Crippen LogP contribution in [0.3, 0.4) is 0 Å². The molecule has 1 aliphatic heterocycles. The molecule has 1 fully saturated rings. The Kier molecular flexibility index (Phi) is 5.08. The number of amides is 1. The molecule has 1 aromatic rings. The molecule has 1 saturated heterocycles. The smallest absolute Gasteiger partial charge is 0.230 e. The van der Waals surface area contributed by atoms with E-state index in [1.807, 2.05) is 18.2 Å². The molecule has 2 unspecified atom stereocenters. The molecule has 3 atom stereocenters. The van der Waals surface area contributed by atoms with Crippen LogP contribution in [0.15, 0.2) is 30.3 Å². The highest BCUT2D eigenvalue weighted by Crippen LogP contribution is 2.35. The van der Waals surface area contributed by atoms with E-state index in [1.165, 1.54) is 0 Å². The van der Waals surface area contributed by atoms with Gasteiger partial charge in [-0.05, 0) is 37.2 Å². The maximum absolute atomic E-state index is 13.2. The van der Waals surface area contributed by atoms with E-state index in [4.69, 9.17) is 0 Å². The van der Waals surface area contributed by atoms with Crippen LogP contribution in [-0.2, 0) is 4.79 Å². The lowest BCUT2D eigenvalue weighted by Gasteiger charge is -2.35. The highest BCUT2D eigenvalue weighted by atomic mass is 16.2. The maximum atomic E-state index is 13.2. The molecule has 116 valence electrons. The molecule has 21 heavy (non-hydrogen) atoms. The Bertz CT molecular complexity index is 466. The molecule has 1 amide bonds. The van der Waals surface area contributed by atoms with E-state index in [-0.39, 0.29) is 5.92 Å². The zero-order valence-electron chi connectivity index (χ0n) is 14.0. The van der Waals surface area contributed by atoms with Crippen molar-refractivity contribution in [2.75, 3.05) is 0 Å². The number of likely N-dealkylation sites (tertiary alicyclic amines) is 1. The average molecular weight is 287 g/mol. The molecular formula is C19H29NO. The fourth-order valence-corrected chi connectivity index (χ4v) is 3.69. The van der Waals surface area contributed by atoms with E-state index < -0.39 is 0 Å². The highest BCUT2D eigenvalue weighted by molar-refractivity contribution is 5.85. The van der Waals surface area contributed by atoms with E-state index in [0.717, 1.165) is 18.4 Å². The van der Waals surface area contributed by atoms with Crippen molar-refractivity contribution >= 4 is 5.91 Å². The van der Waals surface area contributed by atoms with Gasteiger partial charge in [0, 0.05) is 12.1 Å². The van der Waals surface area contributed by atoms with Gasteiger partial charge in [-0.1, -0.05) is 58.0 Å². The summed E-state index contributed by atoms with van der Waals surface area (Å²) in [7, 11) is 0. The lowest BCUT2D eigenvalue weighted by Crippen LogP contribution is -2.45. The van der Waals surface area contributed by atoms with E-state index >= 15 is 0 Å². The summed E-state index contributed by atoms with van der Waals surface area (Å²) in [6, 6.07) is 11.0. The van der Waals surface area contributed by atoms with Gasteiger partial charge in [-0.2, -0.15) is 0 Å². The molecule has 0 N–H and O–H groups in total. The Morgan fingerprint density at radius 1 is 1.10 bits per heavy atom. The molecule has 2 heteroatoms. The first-order chi connectivity index (χ1) is 9.93. The Balaban J connectivity index is 2.30. The third-order valence-corrected chi connectivity index (χ3v) is 4.83. The summed E-state index contributed by atoms with van der Waals surface area (Å²) < 4.78 is 0. The van der Waals surface area contributed by atoms with Crippen LogP contribution >= 0.6 is 0 Å². The highest BCUT2D eigenvalue weighted by Gasteiger charge is 2.39. The summed E-state index contributed by atoms with van der Waals surface area (Å²) in [5.41, 5.74) is 1.15. The van der Waals surface area contributed by atoms with Crippen LogP contribution in [0.25, 0.3) is 0 Å². The minimum Gasteiger partial charge on any atom is -0.336 e. The summed E-state index contributed by atoms with van der Waals surface area (Å²) >= 11 is 0. The number of rotatable bonds is 4. The van der Waals surface area contributed by atoms with Crippen LogP contribution in [0.2, 0.25) is 0 Å². The van der Waals surface area contributed by atoms with Gasteiger partial charge < -0.3 is 4.90 Å². The number of carbonyl (C=O) groups is 1. The third kappa shape index (κ3) is 3.30. The Morgan fingerprint density at radius 2 is 1.71 bits per heavy atom. The predicted octanol–water partition coefficient (Wildman–Crippen LogP) is 4.46. The van der Waals surface area contributed by atoms with E-state index in [0.29, 0.717) is 29.8 Å². The van der Waals surface area contributed by atoms with Gasteiger partial charge in [0.05, 0.1) is 5.92 Å². The molecular weight excluding hydrogens is 258 g/mol. The van der Waals surface area contributed by atoms with Crippen LogP contribution in [0.4, 0.5) is 0 Å². The zero-order valence-corrected chi connectivity index (χ0v) is 14.0. The molecule has 0 saturated carbocycles. The number of hydrogen-bond acceptors (Lipinski definition) is 1. The number of nitrogens with zero attached hydrogens (tertiary/aromatic N) is 1. The summed E-state index contributed by atoms with van der Waals surface area (Å²) in [6.45, 7) is 11.0. The average Bonchev–Trinajstić information content (AvgIpc) is 2.81. The fourth-order valence-electron chi connectivity index (χ4n) is 3.69. The Hall–Kier alpha value is -1.31. The molecule has 0 spiro atoms. The van der Waals surface area contributed by atoms with Crippen LogP contribution in [0.1, 0.15) is 58.9 Å². The molecule has 1 aromatic carbocycles. The number of benzene rings is 1. The van der Waals surface area contributed by atoms with Crippen LogP contribution in [-0.4, -0.2) is 22.9 Å². The van der Waals surface area contributed by atoms with Gasteiger partial charge in [0.1, 0.15) is 0 Å². The molecule has 0 radical (unpaired) electrons. The van der Waals surface area contributed by atoms with Crippen molar-refractivity contribution in [2.45, 2.75) is 65.5 Å². The third-order valence-electron chi connectivity index (χ3n) is 4.83. The molecule has 2 nitrogen and oxygen atoms in total. The van der Waals surface area contributed by atoms with Gasteiger partial charge in [0.15, 0.2) is 0 Å². The topological polar surface area (TPSA) is 20.3 Å². The summed E-state index contributed by atoms with van der Waals surface area (Å²) in [5.74, 6) is 1.15. The van der Waals surface area contributed by atoms with Crippen molar-refractivity contribution in [1.29, 1.82) is 0 Å². The second kappa shape index (κ2) is 6.64. The van der Waals surface area contributed by atoms with Gasteiger partial charge in [-0.3, -0.25) is 4.79 Å². The standard InChI is InChI=1S/C19H29NO/c1-13(2)17-12-11-15(5)20(17)19(21)18(14(3)4)16-9-7-6-8-10-16/h6-10,13-15,17-18H,11-12H2,1-5H3/t15?,17-,18?/m0/s1. The molecule has 0 aliphatic carbocycles. The molecule has 0 bridgehead atoms. The van der Waals surface area contributed by atoms with Crippen LogP contribution < -0.4 is 0 Å². The minimum atomic E-state index is -0.0204. The van der Waals surface area contributed by atoms with Crippen molar-refractivity contribution in [3.8, 4) is 0 Å². The summed E-state index contributed by atoms with van der Waals surface area (Å²) in [5, 5.41) is 0. The first-order valence-corrected chi connectivity index (χ1v) is 8.30. The molecule has 1 heterocycles. The molecule has 2 rings (SSSR count). The summed E-state index contributed by atoms with van der Waals surface area (Å²) in [4.78, 5) is 15.4. The van der Waals surface area contributed by atoms with Gasteiger partial charge in [-0.15, -0.1) is 0 Å². The Labute approximate surface area is 129 Å². The monoisotopic (exact) mass is 287 g/mol. The molecule has 1 aliphatic rings. The normalized spacial score (nSPS) is 23.9. The lowest BCUT2D eigenvalue weighted by molar-refractivity contribution is -0.137. The minimum absolute atomic E-state index is 0.0204. The molecule has 0 aromatic heterocycles. The van der Waals surface area contributed by atoms with Gasteiger partial charge in [-0.25, -0.2) is 0 Å².